The van der Waals surface area contributed by atoms with Crippen LogP contribution in [0.3, 0.4) is 0 Å². The van der Waals surface area contributed by atoms with Crippen molar-refractivity contribution in [1.29, 1.82) is 0 Å². The Morgan fingerprint density at radius 1 is 1.27 bits per heavy atom. The van der Waals surface area contributed by atoms with E-state index in [0.717, 1.165) is 34.6 Å². The van der Waals surface area contributed by atoms with Crippen LogP contribution in [0.4, 0.5) is 0 Å². The van der Waals surface area contributed by atoms with Crippen LogP contribution in [0, 0.1) is 0 Å². The number of fused-ring (bicyclic) bond motifs is 1. The second-order valence-electron chi connectivity index (χ2n) is 6.44. The minimum absolute atomic E-state index is 0.0724. The number of halogens is 1. The van der Waals surface area contributed by atoms with E-state index in [1.165, 1.54) is 24.6 Å². The van der Waals surface area contributed by atoms with Gasteiger partial charge in [0.25, 0.3) is 0 Å². The molecule has 1 aliphatic carbocycles. The minimum Gasteiger partial charge on any atom is -0.353 e. The molecule has 134 valence electrons. The van der Waals surface area contributed by atoms with Crippen molar-refractivity contribution in [2.24, 2.45) is 0 Å². The highest BCUT2D eigenvalue weighted by molar-refractivity contribution is 8.00. The summed E-state index contributed by atoms with van der Waals surface area (Å²) in [5.74, 6) is 0.438. The maximum Gasteiger partial charge on any atom is 0.230 e. The molecular formula is C19H19ClN4OS. The number of rotatable bonds is 5. The summed E-state index contributed by atoms with van der Waals surface area (Å²) in [4.78, 5) is 16.6. The number of carbonyl (C=O) groups is 1. The van der Waals surface area contributed by atoms with Crippen LogP contribution in [0.15, 0.2) is 47.8 Å². The van der Waals surface area contributed by atoms with E-state index in [-0.39, 0.29) is 5.91 Å². The Kier molecular flexibility index (Phi) is 5.13. The number of amides is 1. The minimum atomic E-state index is 0.0724. The molecule has 1 aliphatic rings. The van der Waals surface area contributed by atoms with Crippen molar-refractivity contribution in [1.82, 2.24) is 19.9 Å². The summed E-state index contributed by atoms with van der Waals surface area (Å²) in [6, 6.07) is 9.93. The molecule has 0 bridgehead atoms. The average molecular weight is 387 g/mol. The van der Waals surface area contributed by atoms with E-state index in [1.54, 1.807) is 10.7 Å². The molecule has 1 fully saturated rings. The second-order valence-corrected chi connectivity index (χ2v) is 7.84. The van der Waals surface area contributed by atoms with Crippen molar-refractivity contribution in [3.63, 3.8) is 0 Å². The Labute approximate surface area is 161 Å². The third-order valence-electron chi connectivity index (χ3n) is 4.55. The lowest BCUT2D eigenvalue weighted by atomic mass is 10.1. The van der Waals surface area contributed by atoms with E-state index >= 15 is 0 Å². The van der Waals surface area contributed by atoms with E-state index in [1.807, 2.05) is 36.5 Å². The van der Waals surface area contributed by atoms with Gasteiger partial charge in [-0.3, -0.25) is 4.79 Å². The van der Waals surface area contributed by atoms with Gasteiger partial charge in [-0.05, 0) is 31.0 Å². The Morgan fingerprint density at radius 3 is 2.81 bits per heavy atom. The molecule has 0 saturated heterocycles. The smallest absolute Gasteiger partial charge is 0.230 e. The molecule has 26 heavy (non-hydrogen) atoms. The van der Waals surface area contributed by atoms with Gasteiger partial charge in [-0.2, -0.15) is 5.10 Å². The van der Waals surface area contributed by atoms with Crippen molar-refractivity contribution < 1.29 is 4.79 Å². The molecule has 4 rings (SSSR count). The summed E-state index contributed by atoms with van der Waals surface area (Å²) in [5.41, 5.74) is 2.75. The molecule has 7 heteroatoms. The molecule has 1 amide bonds. The molecule has 2 aromatic heterocycles. The first-order valence-electron chi connectivity index (χ1n) is 8.71. The molecule has 3 aromatic rings. The number of hydrogen-bond acceptors (Lipinski definition) is 4. The Bertz CT molecular complexity index is 919. The lowest BCUT2D eigenvalue weighted by Crippen LogP contribution is -2.33. The standard InChI is InChI=1S/C19H19ClN4OS/c20-14-7-5-13(6-8-14)16-11-17-19(21-9-10-24(17)23-16)26-12-18(25)22-15-3-1-2-4-15/h5-11,15H,1-4,12H2,(H,22,25). The molecule has 0 atom stereocenters. The molecule has 1 aromatic carbocycles. The fraction of sp³-hybridized carbons (Fsp3) is 0.316. The summed E-state index contributed by atoms with van der Waals surface area (Å²) >= 11 is 7.41. The molecule has 0 radical (unpaired) electrons. The van der Waals surface area contributed by atoms with Gasteiger partial charge in [0.1, 0.15) is 5.03 Å². The van der Waals surface area contributed by atoms with Gasteiger partial charge in [-0.1, -0.05) is 48.3 Å². The van der Waals surface area contributed by atoms with Crippen molar-refractivity contribution >= 4 is 34.8 Å². The summed E-state index contributed by atoms with van der Waals surface area (Å²) in [6.45, 7) is 0. The number of hydrogen-bond donors (Lipinski definition) is 1. The van der Waals surface area contributed by atoms with Crippen molar-refractivity contribution in [3.05, 3.63) is 47.7 Å². The zero-order valence-electron chi connectivity index (χ0n) is 14.2. The highest BCUT2D eigenvalue weighted by Crippen LogP contribution is 2.27. The van der Waals surface area contributed by atoms with E-state index in [4.69, 9.17) is 11.6 Å². The van der Waals surface area contributed by atoms with E-state index in [2.05, 4.69) is 15.4 Å². The van der Waals surface area contributed by atoms with E-state index in [9.17, 15) is 4.79 Å². The second kappa shape index (κ2) is 7.68. The van der Waals surface area contributed by atoms with Crippen LogP contribution in [0.25, 0.3) is 16.8 Å². The predicted octanol–water partition coefficient (Wildman–Crippen LogP) is 4.20. The number of carbonyl (C=O) groups excluding carboxylic acids is 1. The average Bonchev–Trinajstić information content (AvgIpc) is 3.30. The van der Waals surface area contributed by atoms with Crippen molar-refractivity contribution in [2.75, 3.05) is 5.75 Å². The Morgan fingerprint density at radius 2 is 2.04 bits per heavy atom. The summed E-state index contributed by atoms with van der Waals surface area (Å²) in [6.07, 6.45) is 8.14. The van der Waals surface area contributed by atoms with Crippen LogP contribution in [-0.2, 0) is 4.79 Å². The third-order valence-corrected chi connectivity index (χ3v) is 5.80. The van der Waals surface area contributed by atoms with Crippen LogP contribution in [0.2, 0.25) is 5.02 Å². The van der Waals surface area contributed by atoms with Crippen LogP contribution >= 0.6 is 23.4 Å². The van der Waals surface area contributed by atoms with Crippen molar-refractivity contribution in [3.8, 4) is 11.3 Å². The first-order valence-corrected chi connectivity index (χ1v) is 10.1. The van der Waals surface area contributed by atoms with Gasteiger partial charge in [0.15, 0.2) is 0 Å². The zero-order chi connectivity index (χ0) is 17.9. The van der Waals surface area contributed by atoms with Gasteiger partial charge in [-0.15, -0.1) is 0 Å². The summed E-state index contributed by atoms with van der Waals surface area (Å²) in [5, 5.41) is 9.22. The third kappa shape index (κ3) is 3.86. The Balaban J connectivity index is 1.50. The number of aromatic nitrogens is 3. The highest BCUT2D eigenvalue weighted by atomic mass is 35.5. The SMILES string of the molecule is O=C(CSc1nccn2nc(-c3ccc(Cl)cc3)cc12)NC1CCCC1. The molecule has 2 heterocycles. The number of thioether (sulfide) groups is 1. The monoisotopic (exact) mass is 386 g/mol. The first-order chi connectivity index (χ1) is 12.7. The normalized spacial score (nSPS) is 14.8. The Hall–Kier alpha value is -2.05. The molecule has 0 unspecified atom stereocenters. The van der Waals surface area contributed by atoms with Crippen LogP contribution < -0.4 is 5.32 Å². The van der Waals surface area contributed by atoms with Gasteiger partial charge in [0.2, 0.25) is 5.91 Å². The lowest BCUT2D eigenvalue weighted by Gasteiger charge is -2.11. The first kappa shape index (κ1) is 17.4. The van der Waals surface area contributed by atoms with Crippen molar-refractivity contribution in [2.45, 2.75) is 36.8 Å². The molecule has 0 spiro atoms. The van der Waals surface area contributed by atoms with E-state index in [0.29, 0.717) is 16.8 Å². The molecule has 1 saturated carbocycles. The maximum atomic E-state index is 12.2. The molecule has 1 N–H and O–H groups in total. The largest absolute Gasteiger partial charge is 0.353 e. The van der Waals surface area contributed by atoms with Gasteiger partial charge in [0, 0.05) is 29.0 Å². The molecule has 0 aliphatic heterocycles. The number of nitrogens with one attached hydrogen (secondary N) is 1. The van der Waals surface area contributed by atoms with Gasteiger partial charge in [-0.25, -0.2) is 9.50 Å². The number of benzene rings is 1. The summed E-state index contributed by atoms with van der Waals surface area (Å²) < 4.78 is 1.80. The predicted molar refractivity (Wildman–Crippen MR) is 105 cm³/mol. The van der Waals surface area contributed by atoms with Crippen LogP contribution in [0.1, 0.15) is 25.7 Å². The fourth-order valence-electron chi connectivity index (χ4n) is 3.24. The van der Waals surface area contributed by atoms with Crippen LogP contribution in [0.5, 0.6) is 0 Å². The number of nitrogens with zero attached hydrogens (tertiary/aromatic N) is 3. The fourth-order valence-corrected chi connectivity index (χ4v) is 4.16. The zero-order valence-corrected chi connectivity index (χ0v) is 15.8. The van der Waals surface area contributed by atoms with E-state index < -0.39 is 0 Å². The quantitative estimate of drug-likeness (QED) is 0.667. The van der Waals surface area contributed by atoms with Crippen LogP contribution in [-0.4, -0.2) is 32.3 Å². The molecular weight excluding hydrogens is 368 g/mol. The van der Waals surface area contributed by atoms with Gasteiger partial charge >= 0.3 is 0 Å². The van der Waals surface area contributed by atoms with Gasteiger partial charge < -0.3 is 5.32 Å². The topological polar surface area (TPSA) is 59.3 Å². The maximum absolute atomic E-state index is 12.2. The summed E-state index contributed by atoms with van der Waals surface area (Å²) in [7, 11) is 0. The van der Waals surface area contributed by atoms with Gasteiger partial charge in [0.05, 0.1) is 17.0 Å². The lowest BCUT2D eigenvalue weighted by molar-refractivity contribution is -0.119. The molecule has 5 nitrogen and oxygen atoms in total. The highest BCUT2D eigenvalue weighted by Gasteiger charge is 2.17.